The molecular weight excluding hydrogens is 424 g/mol. The number of nitrogens with zero attached hydrogens (tertiary/aromatic N) is 1. The van der Waals surface area contributed by atoms with E-state index in [-0.39, 0.29) is 18.0 Å². The minimum Gasteiger partial charge on any atom is -0.453 e. The van der Waals surface area contributed by atoms with Crippen LogP contribution in [0.25, 0.3) is 0 Å². The van der Waals surface area contributed by atoms with Crippen molar-refractivity contribution >= 4 is 20.1 Å². The summed E-state index contributed by atoms with van der Waals surface area (Å²) in [6.07, 6.45) is 7.38. The maximum Gasteiger partial charge on any atom is 0.407 e. The minimum absolute atomic E-state index is 0.0371. The van der Waals surface area contributed by atoms with E-state index >= 15 is 0 Å². The molecule has 0 aromatic carbocycles. The predicted molar refractivity (Wildman–Crippen MR) is 128 cm³/mol. The fourth-order valence-corrected chi connectivity index (χ4v) is 6.05. The Kier molecular flexibility index (Phi) is 9.40. The topological polar surface area (TPSA) is 91.9 Å². The van der Waals surface area contributed by atoms with Crippen LogP contribution in [0.4, 0.5) is 4.79 Å². The fraction of sp³-hybridized carbons (Fsp3) is 0.913. The number of methoxy groups -OCH3 is 1. The minimum atomic E-state index is -1.09. The molecule has 3 N–H and O–H groups in total. The lowest BCUT2D eigenvalue weighted by Crippen LogP contribution is -2.55. The molecule has 184 valence electrons. The van der Waals surface area contributed by atoms with E-state index in [9.17, 15) is 9.59 Å². The summed E-state index contributed by atoms with van der Waals surface area (Å²) in [5, 5.41) is 10.1. The van der Waals surface area contributed by atoms with E-state index in [0.29, 0.717) is 31.3 Å². The molecule has 1 aliphatic carbocycles. The summed E-state index contributed by atoms with van der Waals surface area (Å²) in [5.74, 6) is 0.490. The van der Waals surface area contributed by atoms with Crippen LogP contribution in [0.15, 0.2) is 0 Å². The molecule has 32 heavy (non-hydrogen) atoms. The zero-order valence-corrected chi connectivity index (χ0v) is 21.5. The molecule has 0 aromatic heterocycles. The van der Waals surface area contributed by atoms with Gasteiger partial charge in [-0.15, -0.1) is 0 Å². The van der Waals surface area contributed by atoms with E-state index in [1.165, 1.54) is 13.2 Å². The Morgan fingerprint density at radius 2 is 1.97 bits per heavy atom. The number of ether oxygens (including phenoxy) is 2. The Bertz CT molecular complexity index is 630. The van der Waals surface area contributed by atoms with Gasteiger partial charge in [0.2, 0.25) is 5.91 Å². The Morgan fingerprint density at radius 3 is 2.72 bits per heavy atom. The highest BCUT2D eigenvalue weighted by molar-refractivity contribution is 6.76. The molecule has 2 amide bonds. The van der Waals surface area contributed by atoms with Crippen LogP contribution in [0.3, 0.4) is 0 Å². The van der Waals surface area contributed by atoms with Gasteiger partial charge in [0, 0.05) is 45.8 Å². The smallest absolute Gasteiger partial charge is 0.407 e. The first-order valence-electron chi connectivity index (χ1n) is 12.5. The Labute approximate surface area is 194 Å². The highest BCUT2D eigenvalue weighted by Crippen LogP contribution is 2.32. The van der Waals surface area contributed by atoms with Crippen molar-refractivity contribution in [2.75, 3.05) is 27.0 Å². The lowest BCUT2D eigenvalue weighted by Gasteiger charge is -2.39. The quantitative estimate of drug-likeness (QED) is 0.410. The van der Waals surface area contributed by atoms with Gasteiger partial charge in [0.15, 0.2) is 0 Å². The third kappa shape index (κ3) is 7.71. The van der Waals surface area contributed by atoms with Gasteiger partial charge in [0.1, 0.15) is 6.73 Å². The van der Waals surface area contributed by atoms with Gasteiger partial charge in [-0.2, -0.15) is 0 Å². The molecule has 3 aliphatic rings. The average molecular weight is 469 g/mol. The summed E-state index contributed by atoms with van der Waals surface area (Å²) in [5.41, 5.74) is 0. The number of alkyl carbamates (subject to hydrolysis) is 1. The number of rotatable bonds is 6. The molecule has 0 unspecified atom stereocenters. The highest BCUT2D eigenvalue weighted by atomic mass is 28.3. The van der Waals surface area contributed by atoms with Crippen LogP contribution in [0, 0.1) is 5.92 Å². The summed E-state index contributed by atoms with van der Waals surface area (Å²) < 4.78 is 10.9. The molecule has 0 spiro atoms. The van der Waals surface area contributed by atoms with Crippen molar-refractivity contribution in [3.63, 3.8) is 0 Å². The summed E-state index contributed by atoms with van der Waals surface area (Å²) in [7, 11) is 0.300. The molecule has 3 fully saturated rings. The van der Waals surface area contributed by atoms with E-state index in [1.807, 2.05) is 0 Å². The Morgan fingerprint density at radius 1 is 1.16 bits per heavy atom. The van der Waals surface area contributed by atoms with Crippen LogP contribution >= 0.6 is 0 Å². The molecule has 5 atom stereocenters. The Balaban J connectivity index is 1.64. The molecule has 0 radical (unpaired) electrons. The molecular formula is C23H44N4O4Si. The van der Waals surface area contributed by atoms with Crippen molar-refractivity contribution in [3.8, 4) is 0 Å². The second kappa shape index (κ2) is 11.8. The summed E-state index contributed by atoms with van der Waals surface area (Å²) in [4.78, 5) is 26.8. The standard InChI is InChI=1S/C23H44N4O4Si/c1-30-23(29)24-17-10-11-18-19(14-17)26-22(28)9-7-5-6-8-21-25-20(18)15-27(21)16-31-12-13-32(2,3)4/h17-21,25H,5-16H2,1-4H3,(H,24,29)(H,26,28)/t17-,18-,19-,20+,21-/m0/s1. The molecule has 1 saturated carbocycles. The van der Waals surface area contributed by atoms with Gasteiger partial charge in [-0.25, -0.2) is 4.79 Å². The summed E-state index contributed by atoms with van der Waals surface area (Å²) in [6.45, 7) is 9.61. The number of nitrogens with one attached hydrogen (secondary N) is 3. The van der Waals surface area contributed by atoms with E-state index < -0.39 is 14.2 Å². The molecule has 3 rings (SSSR count). The van der Waals surface area contributed by atoms with Crippen LogP contribution in [0.5, 0.6) is 0 Å². The zero-order chi connectivity index (χ0) is 23.1. The number of carbonyl (C=O) groups is 2. The van der Waals surface area contributed by atoms with Crippen molar-refractivity contribution in [1.29, 1.82) is 0 Å². The van der Waals surface area contributed by atoms with Crippen LogP contribution < -0.4 is 16.0 Å². The maximum atomic E-state index is 12.6. The number of hydrogen-bond acceptors (Lipinski definition) is 6. The van der Waals surface area contributed by atoms with E-state index in [1.54, 1.807) is 0 Å². The highest BCUT2D eigenvalue weighted by Gasteiger charge is 2.42. The van der Waals surface area contributed by atoms with Crippen LogP contribution in [-0.4, -0.2) is 76.3 Å². The largest absolute Gasteiger partial charge is 0.453 e. The normalized spacial score (nSPS) is 32.2. The first-order valence-corrected chi connectivity index (χ1v) is 16.2. The molecule has 9 heteroatoms. The average Bonchev–Trinajstić information content (AvgIpc) is 3.12. The predicted octanol–water partition coefficient (Wildman–Crippen LogP) is 2.87. The molecule has 0 aromatic rings. The monoisotopic (exact) mass is 468 g/mol. The van der Waals surface area contributed by atoms with Gasteiger partial charge in [0.05, 0.1) is 13.3 Å². The van der Waals surface area contributed by atoms with E-state index in [4.69, 9.17) is 9.47 Å². The summed E-state index contributed by atoms with van der Waals surface area (Å²) in [6, 6.07) is 1.61. The lowest BCUT2D eigenvalue weighted by molar-refractivity contribution is -0.122. The van der Waals surface area contributed by atoms with E-state index in [0.717, 1.165) is 58.1 Å². The summed E-state index contributed by atoms with van der Waals surface area (Å²) >= 11 is 0. The van der Waals surface area contributed by atoms with Gasteiger partial charge in [-0.1, -0.05) is 32.5 Å². The SMILES string of the molecule is COC(=O)N[C@H]1CC[C@H]2[C@H](C1)NC(=O)CCCCC[C@H]1N[C@@H]2CN1COCC[Si](C)(C)C. The molecule has 2 bridgehead atoms. The van der Waals surface area contributed by atoms with Gasteiger partial charge < -0.3 is 20.1 Å². The van der Waals surface area contributed by atoms with E-state index in [2.05, 4.69) is 40.5 Å². The lowest BCUT2D eigenvalue weighted by atomic mass is 9.77. The van der Waals surface area contributed by atoms with Crippen LogP contribution in [0.1, 0.15) is 51.4 Å². The molecule has 2 saturated heterocycles. The van der Waals surface area contributed by atoms with Crippen LogP contribution in [0.2, 0.25) is 25.7 Å². The van der Waals surface area contributed by atoms with Gasteiger partial charge in [-0.3, -0.25) is 15.0 Å². The van der Waals surface area contributed by atoms with Crippen molar-refractivity contribution in [2.24, 2.45) is 5.92 Å². The Hall–Kier alpha value is -1.16. The zero-order valence-electron chi connectivity index (χ0n) is 20.5. The van der Waals surface area contributed by atoms with Crippen molar-refractivity contribution in [1.82, 2.24) is 20.9 Å². The van der Waals surface area contributed by atoms with Crippen molar-refractivity contribution < 1.29 is 19.1 Å². The van der Waals surface area contributed by atoms with Crippen LogP contribution in [-0.2, 0) is 14.3 Å². The molecule has 2 heterocycles. The number of amides is 2. The van der Waals surface area contributed by atoms with Gasteiger partial charge in [0.25, 0.3) is 0 Å². The van der Waals surface area contributed by atoms with Crippen molar-refractivity contribution in [3.05, 3.63) is 0 Å². The van der Waals surface area contributed by atoms with Gasteiger partial charge >= 0.3 is 6.09 Å². The fourth-order valence-electron chi connectivity index (χ4n) is 5.29. The molecule has 2 aliphatic heterocycles. The second-order valence-corrected chi connectivity index (χ2v) is 16.6. The third-order valence-electron chi connectivity index (χ3n) is 7.19. The number of fused-ring (bicyclic) bond motifs is 4. The first kappa shape index (κ1) is 25.5. The molecule has 8 nitrogen and oxygen atoms in total. The first-order chi connectivity index (χ1) is 15.2. The third-order valence-corrected chi connectivity index (χ3v) is 8.89. The van der Waals surface area contributed by atoms with Gasteiger partial charge in [-0.05, 0) is 44.1 Å². The number of carbonyl (C=O) groups excluding carboxylic acids is 2. The number of hydrogen-bond donors (Lipinski definition) is 3. The maximum absolute atomic E-state index is 12.6. The second-order valence-electron chi connectivity index (χ2n) is 11.0. The van der Waals surface area contributed by atoms with Crippen molar-refractivity contribution in [2.45, 2.75) is 101 Å².